The largest absolute Gasteiger partial charge is 0.465 e. The predicted octanol–water partition coefficient (Wildman–Crippen LogP) is 0.983. The second-order valence-electron chi connectivity index (χ2n) is 3.11. The highest BCUT2D eigenvalue weighted by Gasteiger charge is 2.07. The van der Waals surface area contributed by atoms with Crippen molar-refractivity contribution < 1.29 is 14.3 Å². The van der Waals surface area contributed by atoms with E-state index in [9.17, 15) is 9.59 Å². The maximum absolute atomic E-state index is 11.5. The number of nitrogen functional groups attached to an aromatic ring is 1. The van der Waals surface area contributed by atoms with Gasteiger partial charge in [-0.25, -0.2) is 0 Å². The number of hydrogen-bond donors (Lipinski definition) is 2. The Bertz CT molecular complexity index is 379. The van der Waals surface area contributed by atoms with Crippen LogP contribution in [0.5, 0.6) is 0 Å². The van der Waals surface area contributed by atoms with Crippen molar-refractivity contribution in [2.45, 2.75) is 6.92 Å². The molecule has 0 aromatic heterocycles. The molecule has 0 radical (unpaired) electrons. The zero-order valence-electron chi connectivity index (χ0n) is 9.43. The molecule has 94 valence electrons. The minimum atomic E-state index is -0.453. The van der Waals surface area contributed by atoms with Crippen LogP contribution in [0, 0.1) is 0 Å². The van der Waals surface area contributed by atoms with Gasteiger partial charge in [0.05, 0.1) is 6.61 Å². The Hall–Kier alpha value is -1.75. The van der Waals surface area contributed by atoms with Gasteiger partial charge in [-0.2, -0.15) is 0 Å². The predicted molar refractivity (Wildman–Crippen MR) is 67.1 cm³/mol. The highest BCUT2D eigenvalue weighted by Crippen LogP contribution is 2.04. The van der Waals surface area contributed by atoms with Gasteiger partial charge in [-0.05, 0) is 31.2 Å². The van der Waals surface area contributed by atoms with Gasteiger partial charge >= 0.3 is 5.97 Å². The fraction of sp³-hybridized carbons (Fsp3) is 0.273. The topological polar surface area (TPSA) is 81.4 Å². The summed E-state index contributed by atoms with van der Waals surface area (Å²) in [4.78, 5) is 22.5. The molecule has 0 saturated carbocycles. The molecule has 0 spiro atoms. The Morgan fingerprint density at radius 1 is 1.29 bits per heavy atom. The number of benzene rings is 1. The maximum Gasteiger partial charge on any atom is 0.325 e. The lowest BCUT2D eigenvalue weighted by Gasteiger charge is -2.04. The van der Waals surface area contributed by atoms with E-state index in [-0.39, 0.29) is 24.9 Å². The number of ether oxygens (including phenoxy) is 1. The molecular weight excluding hydrogens is 244 g/mol. The molecule has 1 aromatic rings. The fourth-order valence-electron chi connectivity index (χ4n) is 1.10. The fourth-order valence-corrected chi connectivity index (χ4v) is 1.10. The van der Waals surface area contributed by atoms with Crippen LogP contribution >= 0.6 is 12.4 Å². The van der Waals surface area contributed by atoms with Gasteiger partial charge in [0.2, 0.25) is 0 Å². The molecule has 0 aliphatic heterocycles. The summed E-state index contributed by atoms with van der Waals surface area (Å²) in [5.41, 5.74) is 6.52. The lowest BCUT2D eigenvalue weighted by Crippen LogP contribution is -2.30. The molecule has 1 rings (SSSR count). The number of nitrogens with one attached hydrogen (secondary N) is 1. The molecular formula is C11H15ClN2O3. The van der Waals surface area contributed by atoms with Crippen molar-refractivity contribution in [3.63, 3.8) is 0 Å². The Morgan fingerprint density at radius 3 is 2.41 bits per heavy atom. The number of rotatable bonds is 4. The summed E-state index contributed by atoms with van der Waals surface area (Å²) in [6.45, 7) is 1.88. The Balaban J connectivity index is 0.00000256. The van der Waals surface area contributed by atoms with Crippen LogP contribution in [0.25, 0.3) is 0 Å². The lowest BCUT2D eigenvalue weighted by molar-refractivity contribution is -0.141. The summed E-state index contributed by atoms with van der Waals surface area (Å²) in [5, 5.41) is 2.45. The summed E-state index contributed by atoms with van der Waals surface area (Å²) in [6.07, 6.45) is 0. The minimum Gasteiger partial charge on any atom is -0.465 e. The molecule has 0 aliphatic carbocycles. The van der Waals surface area contributed by atoms with Crippen LogP contribution in [0.2, 0.25) is 0 Å². The molecule has 0 saturated heterocycles. The molecule has 0 fully saturated rings. The molecule has 0 atom stereocenters. The van der Waals surface area contributed by atoms with Crippen LogP contribution in [-0.4, -0.2) is 25.0 Å². The van der Waals surface area contributed by atoms with Gasteiger partial charge in [-0.3, -0.25) is 9.59 Å². The number of nitrogens with two attached hydrogens (primary N) is 1. The van der Waals surface area contributed by atoms with Gasteiger partial charge in [0.1, 0.15) is 6.54 Å². The van der Waals surface area contributed by atoms with E-state index < -0.39 is 5.97 Å². The normalized spacial score (nSPS) is 9.00. The molecule has 1 amide bonds. The van der Waals surface area contributed by atoms with E-state index in [2.05, 4.69) is 10.1 Å². The summed E-state index contributed by atoms with van der Waals surface area (Å²) >= 11 is 0. The Kier molecular flexibility index (Phi) is 6.74. The first-order valence-electron chi connectivity index (χ1n) is 4.93. The van der Waals surface area contributed by atoms with Crippen molar-refractivity contribution in [2.75, 3.05) is 18.9 Å². The van der Waals surface area contributed by atoms with Crippen molar-refractivity contribution >= 4 is 30.0 Å². The number of esters is 1. The van der Waals surface area contributed by atoms with Crippen LogP contribution in [0.3, 0.4) is 0 Å². The number of hydrogen-bond acceptors (Lipinski definition) is 4. The van der Waals surface area contributed by atoms with E-state index in [0.29, 0.717) is 17.9 Å². The van der Waals surface area contributed by atoms with E-state index in [1.165, 1.54) is 0 Å². The number of anilines is 1. The first-order chi connectivity index (χ1) is 7.63. The second-order valence-corrected chi connectivity index (χ2v) is 3.11. The lowest BCUT2D eigenvalue weighted by atomic mass is 10.2. The van der Waals surface area contributed by atoms with Gasteiger partial charge in [-0.1, -0.05) is 0 Å². The Labute approximate surface area is 106 Å². The first-order valence-corrected chi connectivity index (χ1v) is 4.93. The Morgan fingerprint density at radius 2 is 1.88 bits per heavy atom. The van der Waals surface area contributed by atoms with Crippen LogP contribution in [0.1, 0.15) is 17.3 Å². The van der Waals surface area contributed by atoms with Crippen LogP contribution in [0.15, 0.2) is 24.3 Å². The summed E-state index contributed by atoms with van der Waals surface area (Å²) < 4.78 is 4.67. The third-order valence-corrected chi connectivity index (χ3v) is 1.87. The van der Waals surface area contributed by atoms with E-state index in [4.69, 9.17) is 5.73 Å². The van der Waals surface area contributed by atoms with E-state index in [1.807, 2.05) is 0 Å². The minimum absolute atomic E-state index is 0. The van der Waals surface area contributed by atoms with Gasteiger partial charge in [0.25, 0.3) is 5.91 Å². The molecule has 3 N–H and O–H groups in total. The first kappa shape index (κ1) is 15.2. The molecule has 0 heterocycles. The standard InChI is InChI=1S/C11H14N2O3.ClH/c1-2-16-10(14)7-13-11(15)8-3-5-9(12)6-4-8;/h3-6H,2,7,12H2,1H3,(H,13,15);1H. The van der Waals surface area contributed by atoms with Crippen molar-refractivity contribution in [3.8, 4) is 0 Å². The highest BCUT2D eigenvalue weighted by molar-refractivity contribution is 5.96. The van der Waals surface area contributed by atoms with Crippen LogP contribution in [0.4, 0.5) is 5.69 Å². The number of carbonyl (C=O) groups excluding carboxylic acids is 2. The number of amides is 1. The van der Waals surface area contributed by atoms with Crippen molar-refractivity contribution in [1.29, 1.82) is 0 Å². The zero-order valence-corrected chi connectivity index (χ0v) is 10.3. The van der Waals surface area contributed by atoms with Gasteiger partial charge in [-0.15, -0.1) is 12.4 Å². The third-order valence-electron chi connectivity index (χ3n) is 1.87. The summed E-state index contributed by atoms with van der Waals surface area (Å²) in [5.74, 6) is -0.778. The summed E-state index contributed by atoms with van der Waals surface area (Å²) in [7, 11) is 0. The molecule has 5 nitrogen and oxygen atoms in total. The molecule has 0 aliphatic rings. The maximum atomic E-state index is 11.5. The van der Waals surface area contributed by atoms with Crippen molar-refractivity contribution in [3.05, 3.63) is 29.8 Å². The zero-order chi connectivity index (χ0) is 12.0. The van der Waals surface area contributed by atoms with Crippen molar-refractivity contribution in [2.24, 2.45) is 0 Å². The third kappa shape index (κ3) is 5.21. The van der Waals surface area contributed by atoms with E-state index >= 15 is 0 Å². The van der Waals surface area contributed by atoms with Gasteiger partial charge in [0.15, 0.2) is 0 Å². The molecule has 1 aromatic carbocycles. The molecule has 0 unspecified atom stereocenters. The average Bonchev–Trinajstić information content (AvgIpc) is 2.27. The highest BCUT2D eigenvalue weighted by atomic mass is 35.5. The SMILES string of the molecule is CCOC(=O)CNC(=O)c1ccc(N)cc1.Cl. The average molecular weight is 259 g/mol. The smallest absolute Gasteiger partial charge is 0.325 e. The van der Waals surface area contributed by atoms with Crippen molar-refractivity contribution in [1.82, 2.24) is 5.32 Å². The number of carbonyl (C=O) groups is 2. The molecule has 6 heteroatoms. The number of halogens is 1. The second kappa shape index (κ2) is 7.51. The van der Waals surface area contributed by atoms with Crippen LogP contribution < -0.4 is 11.1 Å². The summed E-state index contributed by atoms with van der Waals surface area (Å²) in [6, 6.07) is 6.43. The van der Waals surface area contributed by atoms with Crippen LogP contribution in [-0.2, 0) is 9.53 Å². The van der Waals surface area contributed by atoms with E-state index in [1.54, 1.807) is 31.2 Å². The quantitative estimate of drug-likeness (QED) is 0.623. The molecule has 17 heavy (non-hydrogen) atoms. The van der Waals surface area contributed by atoms with Gasteiger partial charge < -0.3 is 15.8 Å². The van der Waals surface area contributed by atoms with E-state index in [0.717, 1.165) is 0 Å². The molecule has 0 bridgehead atoms. The monoisotopic (exact) mass is 258 g/mol. The van der Waals surface area contributed by atoms with Gasteiger partial charge in [0, 0.05) is 11.3 Å².